The lowest BCUT2D eigenvalue weighted by atomic mass is 10.2. The van der Waals surface area contributed by atoms with Crippen LogP contribution in [-0.4, -0.2) is 50.6 Å². The van der Waals surface area contributed by atoms with Gasteiger partial charge in [-0.2, -0.15) is 0 Å². The molecule has 0 radical (unpaired) electrons. The molecule has 2 aliphatic heterocycles. The molecule has 0 amide bonds. The third-order valence-corrected chi connectivity index (χ3v) is 13.4. The molecular formula is C20H33N4Si+. The number of piperazine rings is 1. The minimum Gasteiger partial charge on any atom is -0.304 e. The maximum Gasteiger partial charge on any atom is 0.273 e. The number of likely N-dealkylation sites (N-methyl/N-ethyl adjacent to an activating group) is 1. The van der Waals surface area contributed by atoms with Crippen molar-refractivity contribution in [2.24, 2.45) is 0 Å². The van der Waals surface area contributed by atoms with Crippen LogP contribution in [0.2, 0.25) is 11.1 Å². The van der Waals surface area contributed by atoms with Crippen molar-refractivity contribution < 1.29 is 4.57 Å². The smallest absolute Gasteiger partial charge is 0.273 e. The second-order valence-corrected chi connectivity index (χ2v) is 14.1. The van der Waals surface area contributed by atoms with Crippen LogP contribution in [0.5, 0.6) is 0 Å². The van der Waals surface area contributed by atoms with Crippen molar-refractivity contribution in [3.63, 3.8) is 0 Å². The molecule has 2 aromatic heterocycles. The zero-order valence-corrected chi connectivity index (χ0v) is 17.7. The summed E-state index contributed by atoms with van der Waals surface area (Å²) in [5, 5.41) is 1.40. The van der Waals surface area contributed by atoms with Crippen molar-refractivity contribution in [1.29, 1.82) is 0 Å². The first-order valence-electron chi connectivity index (χ1n) is 9.88. The van der Waals surface area contributed by atoms with E-state index in [0.29, 0.717) is 5.67 Å². The van der Waals surface area contributed by atoms with Crippen molar-refractivity contribution in [1.82, 2.24) is 9.13 Å². The molecule has 0 saturated carbocycles. The highest BCUT2D eigenvalue weighted by atomic mass is 28.3. The van der Waals surface area contributed by atoms with Crippen LogP contribution in [0.25, 0.3) is 11.0 Å². The Morgan fingerprint density at radius 2 is 1.64 bits per heavy atom. The molecule has 2 aromatic rings. The molecule has 4 nitrogen and oxygen atoms in total. The SMILES string of the molecule is CC(C)[Si]1(C(C)C)C(C)[n+]2c(N3CCN(C)CC3)ccc3ccn1c32. The van der Waals surface area contributed by atoms with Crippen molar-refractivity contribution in [3.05, 3.63) is 24.4 Å². The lowest BCUT2D eigenvalue weighted by Gasteiger charge is -2.37. The highest BCUT2D eigenvalue weighted by Gasteiger charge is 2.59. The number of anilines is 1. The molecule has 1 fully saturated rings. The maximum absolute atomic E-state index is 2.74. The Hall–Kier alpha value is -1.33. The van der Waals surface area contributed by atoms with Gasteiger partial charge in [-0.15, -0.1) is 0 Å². The summed E-state index contributed by atoms with van der Waals surface area (Å²) in [6.45, 7) is 16.9. The van der Waals surface area contributed by atoms with E-state index in [-0.39, 0.29) is 0 Å². The molecule has 1 atom stereocenters. The van der Waals surface area contributed by atoms with Gasteiger partial charge in [0.25, 0.3) is 8.24 Å². The second kappa shape index (κ2) is 5.85. The Labute approximate surface area is 153 Å². The highest BCUT2D eigenvalue weighted by Crippen LogP contribution is 2.45. The Kier molecular flexibility index (Phi) is 4.00. The zero-order chi connectivity index (χ0) is 17.9. The van der Waals surface area contributed by atoms with Gasteiger partial charge in [0.2, 0.25) is 11.5 Å². The number of nitrogens with zero attached hydrogens (tertiary/aromatic N) is 4. The standard InChI is InChI=1S/C20H33N4Si/c1-15(2)25(16(3)4)17(5)24-19(22-13-11-21(6)12-14-22)8-7-18-9-10-23(25)20(18)24/h7-10,15-17H,11-14H2,1-6H3/q+1. The van der Waals surface area contributed by atoms with E-state index in [1.807, 2.05) is 0 Å². The van der Waals surface area contributed by atoms with E-state index in [1.165, 1.54) is 16.9 Å². The summed E-state index contributed by atoms with van der Waals surface area (Å²) >= 11 is 0. The zero-order valence-electron chi connectivity index (χ0n) is 16.7. The van der Waals surface area contributed by atoms with Gasteiger partial charge >= 0.3 is 0 Å². The van der Waals surface area contributed by atoms with Crippen LogP contribution in [-0.2, 0) is 0 Å². The first-order chi connectivity index (χ1) is 11.9. The van der Waals surface area contributed by atoms with Crippen molar-refractivity contribution in [2.45, 2.75) is 51.4 Å². The number of aromatic nitrogens is 2. The lowest BCUT2D eigenvalue weighted by Crippen LogP contribution is -2.58. The predicted molar refractivity (Wildman–Crippen MR) is 108 cm³/mol. The van der Waals surface area contributed by atoms with Gasteiger partial charge in [-0.05, 0) is 37.2 Å². The molecule has 0 spiro atoms. The highest BCUT2D eigenvalue weighted by molar-refractivity contribution is 6.82. The van der Waals surface area contributed by atoms with Crippen molar-refractivity contribution in [3.8, 4) is 0 Å². The normalized spacial score (nSPS) is 23.4. The fourth-order valence-electron chi connectivity index (χ4n) is 5.76. The lowest BCUT2D eigenvalue weighted by molar-refractivity contribution is -0.661. The molecular weight excluding hydrogens is 324 g/mol. The molecule has 0 aromatic carbocycles. The average molecular weight is 358 g/mol. The molecule has 4 heterocycles. The quantitative estimate of drug-likeness (QED) is 0.618. The maximum atomic E-state index is 2.74. The van der Waals surface area contributed by atoms with Crippen LogP contribution < -0.4 is 9.47 Å². The summed E-state index contributed by atoms with van der Waals surface area (Å²) < 4.78 is 5.44. The van der Waals surface area contributed by atoms with Crippen LogP contribution in [0.1, 0.15) is 40.3 Å². The summed E-state index contributed by atoms with van der Waals surface area (Å²) in [4.78, 5) is 5.05. The van der Waals surface area contributed by atoms with Crippen molar-refractivity contribution >= 4 is 25.1 Å². The van der Waals surface area contributed by atoms with Gasteiger partial charge in [0.1, 0.15) is 5.67 Å². The Bertz CT molecular complexity index is 778. The summed E-state index contributed by atoms with van der Waals surface area (Å²) in [6.07, 6.45) is 2.39. The largest absolute Gasteiger partial charge is 0.304 e. The van der Waals surface area contributed by atoms with Gasteiger partial charge in [-0.1, -0.05) is 27.7 Å². The van der Waals surface area contributed by atoms with E-state index < -0.39 is 8.24 Å². The molecule has 1 saturated heterocycles. The molecule has 4 rings (SSSR count). The molecule has 0 aliphatic carbocycles. The Balaban J connectivity index is 1.90. The Morgan fingerprint density at radius 1 is 1.00 bits per heavy atom. The fraction of sp³-hybridized carbons (Fsp3) is 0.650. The van der Waals surface area contributed by atoms with E-state index in [4.69, 9.17) is 0 Å². The molecule has 1 unspecified atom stereocenters. The van der Waals surface area contributed by atoms with E-state index in [2.05, 4.69) is 84.7 Å². The van der Waals surface area contributed by atoms with Crippen LogP contribution in [0.3, 0.4) is 0 Å². The molecule has 0 N–H and O–H groups in total. The summed E-state index contributed by atoms with van der Waals surface area (Å²) in [6, 6.07) is 7.05. The number of rotatable bonds is 3. The molecule has 5 heteroatoms. The van der Waals surface area contributed by atoms with Gasteiger partial charge < -0.3 is 9.13 Å². The number of pyridine rings is 1. The van der Waals surface area contributed by atoms with Gasteiger partial charge in [0.05, 0.1) is 19.3 Å². The third kappa shape index (κ3) is 2.18. The molecule has 2 aliphatic rings. The molecule has 136 valence electrons. The predicted octanol–water partition coefficient (Wildman–Crippen LogP) is 3.41. The van der Waals surface area contributed by atoms with Crippen LogP contribution in [0.15, 0.2) is 24.4 Å². The molecule has 0 bridgehead atoms. The van der Waals surface area contributed by atoms with E-state index >= 15 is 0 Å². The summed E-state index contributed by atoms with van der Waals surface area (Å²) in [5.41, 5.74) is 3.51. The monoisotopic (exact) mass is 357 g/mol. The number of hydrogen-bond donors (Lipinski definition) is 0. The summed E-state index contributed by atoms with van der Waals surface area (Å²) in [7, 11) is 0.524. The van der Waals surface area contributed by atoms with Crippen LogP contribution >= 0.6 is 0 Å². The van der Waals surface area contributed by atoms with Gasteiger partial charge in [-0.25, -0.2) is 4.57 Å². The molecule has 25 heavy (non-hydrogen) atoms. The minimum absolute atomic E-state index is 0.599. The first kappa shape index (κ1) is 17.1. The topological polar surface area (TPSA) is 15.3 Å². The number of hydrogen-bond acceptors (Lipinski definition) is 2. The van der Waals surface area contributed by atoms with E-state index in [0.717, 1.165) is 37.3 Å². The Morgan fingerprint density at radius 3 is 2.24 bits per heavy atom. The first-order valence-corrected chi connectivity index (χ1v) is 12.1. The third-order valence-electron chi connectivity index (χ3n) is 6.93. The van der Waals surface area contributed by atoms with Crippen LogP contribution in [0, 0.1) is 0 Å². The van der Waals surface area contributed by atoms with Crippen molar-refractivity contribution in [2.75, 3.05) is 38.1 Å². The van der Waals surface area contributed by atoms with E-state index in [9.17, 15) is 0 Å². The van der Waals surface area contributed by atoms with Gasteiger partial charge in [0, 0.05) is 24.5 Å². The van der Waals surface area contributed by atoms with E-state index in [1.54, 1.807) is 0 Å². The van der Waals surface area contributed by atoms with Gasteiger partial charge in [-0.3, -0.25) is 4.90 Å². The average Bonchev–Trinajstić information content (AvgIpc) is 3.10. The fourth-order valence-corrected chi connectivity index (χ4v) is 12.1. The van der Waals surface area contributed by atoms with Gasteiger partial charge in [0.15, 0.2) is 0 Å². The second-order valence-electron chi connectivity index (χ2n) is 8.69. The van der Waals surface area contributed by atoms with Crippen LogP contribution in [0.4, 0.5) is 5.82 Å². The minimum atomic E-state index is -1.71. The summed E-state index contributed by atoms with van der Waals surface area (Å²) in [5.74, 6) is 1.43.